The SMILES string of the molecule is [2H]c1c([2H])c([2H])c(-c2nc(-c3c([2H])c([2H])c(-c4c([2H])c([2H])c([2H])c([2H])c4[2H])c([2H])c3[2H])nc(-c3c([2H])c([2H])c(-c4c([2H])c([2H])c([2H])c5sc6c([2H])c([2H])c7c([2H])c([2H])c([2H])c([2H])c7c6c45)c([2H])c3[2H])n2)c([2H])c1[2H].[2H]c1c([2H])c([2H])c(-c2nc(-c3c([2H])c([2H])c(-c4c([2H])c([2H])c([2H])c5oc6c([2H])c([2H])c7c([2H])c([2H])c([2H])c([2H])c7c6c45)c([2H])c3[2H])nc(-c3c([2H])c([2H])c([2H])c4oc5c([2H])c([2H])c([2H])c([2H])c5c34)n2)c([2H])c1[2H].[2H]c1c([2H])c([2H])c(-c2nc(-c3c([2H])c([2H])c(-c4c([2H])c([2H])c([2H])c5oc6c([2H])c([2H])c7c([2H])c([2H])c([2H])c([2H])c7c6c45)c([2H])c3[2H])nc(-c3c([2H])c([2H])c4c(oc5c([2H])c([2H])c([2H])c([2H])c54)c3[2H])n2)c([2H])c1[2H]. The van der Waals surface area contributed by atoms with Crippen LogP contribution in [0.15, 0.2) is 483 Å². The Hall–Kier alpha value is -19.2. The van der Waals surface area contributed by atoms with E-state index >= 15 is 0 Å². The molecule has 0 aliphatic carbocycles. The Morgan fingerprint density at radius 1 is 0.147 bits per heavy atom. The first-order valence-electron chi connectivity index (χ1n) is 79.8. The van der Waals surface area contributed by atoms with Gasteiger partial charge in [-0.05, 0) is 143 Å². The second-order valence-electron chi connectivity index (χ2n) is 29.7. The van der Waals surface area contributed by atoms with Gasteiger partial charge in [0.1, 0.15) is 44.7 Å². The fourth-order valence-electron chi connectivity index (χ4n) is 15.3. The molecule has 0 radical (unpaired) electrons. The summed E-state index contributed by atoms with van der Waals surface area (Å²) < 4.78 is 698. The van der Waals surface area contributed by atoms with Crippen molar-refractivity contribution >= 4 is 152 Å². The molecule has 13 nitrogen and oxygen atoms in total. The van der Waals surface area contributed by atoms with Gasteiger partial charge in [-0.1, -0.05) is 399 Å². The average Bonchev–Trinajstić information content (AvgIpc) is 1.53. The number of benzene rings is 21. The maximum atomic E-state index is 9.46. The van der Waals surface area contributed by atoms with Crippen molar-refractivity contribution in [1.82, 2.24) is 44.9 Å². The summed E-state index contributed by atoms with van der Waals surface area (Å²) in [6.45, 7) is 0. The molecule has 0 atom stereocenters. The summed E-state index contributed by atoms with van der Waals surface area (Å²) in [5, 5.41) is -6.09. The summed E-state index contributed by atoms with van der Waals surface area (Å²) in [6, 6.07) is -64.2. The number of nitrogens with zero attached hydrogens (tertiary/aromatic N) is 9. The van der Waals surface area contributed by atoms with E-state index in [1.54, 1.807) is 0 Å². The van der Waals surface area contributed by atoms with E-state index < -0.39 is 705 Å². The van der Waals surface area contributed by atoms with Crippen LogP contribution in [0.5, 0.6) is 0 Å². The van der Waals surface area contributed by atoms with Crippen molar-refractivity contribution < 1.29 is 123 Å². The van der Waals surface area contributed by atoms with Crippen LogP contribution in [0, 0.1) is 0 Å². The fraction of sp³-hybridized carbons (Fsp3) is 0. The highest BCUT2D eigenvalue weighted by Gasteiger charge is 2.25. The van der Waals surface area contributed by atoms with Crippen LogP contribution in [0.4, 0.5) is 0 Å². The van der Waals surface area contributed by atoms with Crippen molar-refractivity contribution in [3.05, 3.63) is 465 Å². The Morgan fingerprint density at radius 2 is 0.420 bits per heavy atom. The van der Waals surface area contributed by atoms with Crippen molar-refractivity contribution in [3.8, 4) is 147 Å². The van der Waals surface area contributed by atoms with E-state index in [-0.39, 0.29) is 47.1 Å². The van der Waals surface area contributed by atoms with Crippen molar-refractivity contribution in [2.45, 2.75) is 0 Å². The van der Waals surface area contributed by atoms with Crippen LogP contribution in [0.3, 0.4) is 0 Å². The third-order valence-electron chi connectivity index (χ3n) is 21.5. The minimum Gasteiger partial charge on any atom is -0.456 e. The van der Waals surface area contributed by atoms with Crippen molar-refractivity contribution in [3.63, 3.8) is 0 Å². The zero-order chi connectivity index (χ0) is 161. The van der Waals surface area contributed by atoms with Gasteiger partial charge in [-0.2, -0.15) is 0 Å². The molecule has 0 aliphatic rings. The second-order valence-corrected chi connectivity index (χ2v) is 30.7. The highest BCUT2D eigenvalue weighted by atomic mass is 32.1. The highest BCUT2D eigenvalue weighted by molar-refractivity contribution is 7.26. The molecule has 0 unspecified atom stereocenters. The van der Waals surface area contributed by atoms with Crippen molar-refractivity contribution in [2.75, 3.05) is 0 Å². The minimum atomic E-state index is -1.02. The fourth-order valence-corrected chi connectivity index (χ4v) is 16.3. The molecular formula is C129H77N9O4S. The van der Waals surface area contributed by atoms with Gasteiger partial charge in [0.2, 0.25) is 0 Å². The van der Waals surface area contributed by atoms with E-state index in [9.17, 15) is 19.2 Å². The molecule has 8 heterocycles. The van der Waals surface area contributed by atoms with Crippen LogP contribution in [0.1, 0.15) is 106 Å². The van der Waals surface area contributed by atoms with E-state index in [1.165, 1.54) is 0 Å². The first-order chi connectivity index (χ1) is 103. The molecule has 8 aromatic heterocycles. The zero-order valence-electron chi connectivity index (χ0n) is 148. The first kappa shape index (κ1) is 36.3. The smallest absolute Gasteiger partial charge is 0.164 e. The standard InChI is InChI=1S/2C43H25N3O2.C43H27N3S/c1-2-11-28(12-3-1)41-44-42(46-43(45-41)33-16-9-18-35-38(33)32-14-6-7-17-34(32)47-35)29-22-20-27(21-23-29)31-15-8-19-36-39(31)40-30-13-5-4-10-26(30)24-25-37(40)48-36;1-2-10-28(11-3-1)41-44-42(46-43(45-41)30-21-23-34-33-13-6-7-15-35(33)47-38(34)25-30)29-19-17-27(18-20-29)32-14-8-16-36-39(32)40-31-12-5-4-9-26(31)22-24-37(40)48-36;1-3-10-28(11-4-1)29-18-22-33(23-19-29)42-44-41(32-13-5-2-6-14-32)45-43(46-42)34-24-20-31(21-25-34)36-16-9-17-37-39(36)40-35-15-8-7-12-30(35)26-27-38(40)47-37/h2*1-25H;1-27H/i2*1D,2D,3D,4D,5D,6D,7D,8D,9D,10D,11D,12D,13D,14D,15D,16D,17D,18D,19D,20D,21D,22D,23D,24D,25D;1D,2D,3D,4D,5D,6D,7D,8D,9D,10D,11D,12D,13D,14D,15D,16D,17D,18D,19D,20D,21D,22D,23D,24D,25D,26D,27D. The molecule has 0 bridgehead atoms. The topological polar surface area (TPSA) is 169 Å². The van der Waals surface area contributed by atoms with Gasteiger partial charge in [-0.3, -0.25) is 0 Å². The average molecular weight is 1930 g/mol. The molecule has 668 valence electrons. The summed E-state index contributed by atoms with van der Waals surface area (Å²) in [6.07, 6.45) is 0. The van der Waals surface area contributed by atoms with Crippen LogP contribution in [0.25, 0.3) is 287 Å². The second kappa shape index (κ2) is 35.1. The summed E-state index contributed by atoms with van der Waals surface area (Å²) in [5.41, 5.74) is -16.4. The lowest BCUT2D eigenvalue weighted by atomic mass is 9.96. The minimum absolute atomic E-state index is 0.123. The number of aromatic nitrogens is 9. The summed E-state index contributed by atoms with van der Waals surface area (Å²) in [7, 11) is 0. The van der Waals surface area contributed by atoms with Crippen LogP contribution in [-0.2, 0) is 0 Å². The molecule has 0 saturated heterocycles. The van der Waals surface area contributed by atoms with Crippen molar-refractivity contribution in [2.24, 2.45) is 0 Å². The summed E-state index contributed by atoms with van der Waals surface area (Å²) in [5.74, 6) is -7.45. The Balaban J connectivity index is 0.000000147. The van der Waals surface area contributed by atoms with Crippen molar-refractivity contribution in [1.29, 1.82) is 0 Å². The third-order valence-corrected chi connectivity index (χ3v) is 22.6. The van der Waals surface area contributed by atoms with Gasteiger partial charge in [-0.25, -0.2) is 44.9 Å². The molecular weight excluding hydrogens is 1770 g/mol. The van der Waals surface area contributed by atoms with Gasteiger partial charge in [-0.15, -0.1) is 11.3 Å². The highest BCUT2D eigenvalue weighted by Crippen LogP contribution is 2.48. The Kier molecular flexibility index (Phi) is 8.92. The quantitative estimate of drug-likeness (QED) is 0.107. The molecule has 21 aromatic carbocycles. The molecule has 143 heavy (non-hydrogen) atoms. The molecule has 29 rings (SSSR count). The number of rotatable bonds is 13. The van der Waals surface area contributed by atoms with Gasteiger partial charge in [0, 0.05) is 113 Å². The molecule has 29 aromatic rings. The van der Waals surface area contributed by atoms with Gasteiger partial charge in [0.05, 0.1) is 106 Å². The molecule has 14 heteroatoms. The number of hydrogen-bond acceptors (Lipinski definition) is 14. The number of fused-ring (bicyclic) bond motifs is 21. The van der Waals surface area contributed by atoms with E-state index in [1.807, 2.05) is 0 Å². The van der Waals surface area contributed by atoms with Gasteiger partial charge in [0.15, 0.2) is 52.4 Å². The monoisotopic (exact) mass is 1930 g/mol. The molecule has 0 fully saturated rings. The number of thiophene rings is 1. The number of furan rings is 4. The predicted molar refractivity (Wildman–Crippen MR) is 585 cm³/mol. The van der Waals surface area contributed by atoms with Crippen LogP contribution in [-0.4, -0.2) is 44.9 Å². The summed E-state index contributed by atoms with van der Waals surface area (Å²) in [4.78, 5) is 38.7. The predicted octanol–water partition coefficient (Wildman–Crippen LogP) is 34.7. The van der Waals surface area contributed by atoms with E-state index in [2.05, 4.69) is 44.9 Å². The molecule has 0 amide bonds. The largest absolute Gasteiger partial charge is 0.456 e. The normalized spacial score (nSPS) is 19.2. The first-order valence-corrected chi connectivity index (χ1v) is 42.1. The Labute approximate surface area is 930 Å². The van der Waals surface area contributed by atoms with Crippen LogP contribution < -0.4 is 0 Å². The number of hydrogen-bond donors (Lipinski definition) is 0. The van der Waals surface area contributed by atoms with Crippen LogP contribution >= 0.6 is 11.3 Å². The molecule has 0 aliphatic heterocycles. The maximum absolute atomic E-state index is 9.46. The lowest BCUT2D eigenvalue weighted by Gasteiger charge is -2.10. The van der Waals surface area contributed by atoms with Crippen LogP contribution in [0.2, 0.25) is 0 Å². The zero-order valence-corrected chi connectivity index (χ0v) is 71.4. The summed E-state index contributed by atoms with van der Waals surface area (Å²) >= 11 is 0.668. The van der Waals surface area contributed by atoms with Gasteiger partial charge < -0.3 is 17.7 Å². The molecule has 0 N–H and O–H groups in total. The van der Waals surface area contributed by atoms with E-state index in [0.29, 0.717) is 11.3 Å². The van der Waals surface area contributed by atoms with Gasteiger partial charge >= 0.3 is 0 Å². The van der Waals surface area contributed by atoms with Gasteiger partial charge in [0.25, 0.3) is 0 Å². The lowest BCUT2D eigenvalue weighted by Crippen LogP contribution is -2.00. The number of para-hydroxylation sites is 2. The van der Waals surface area contributed by atoms with E-state index in [4.69, 9.17) is 104 Å². The Morgan fingerprint density at radius 3 is 0.874 bits per heavy atom. The van der Waals surface area contributed by atoms with E-state index in [0.717, 1.165) is 0 Å². The maximum Gasteiger partial charge on any atom is 0.164 e. The lowest BCUT2D eigenvalue weighted by molar-refractivity contribution is 0.668. The third kappa shape index (κ3) is 15.2. The Bertz CT molecular complexity index is 15000. The molecule has 0 spiro atoms. The molecule has 0 saturated carbocycles.